The van der Waals surface area contributed by atoms with E-state index in [1.165, 1.54) is 18.5 Å². The molecule has 9 nitrogen and oxygen atoms in total. The van der Waals surface area contributed by atoms with E-state index in [1.807, 2.05) is 6.92 Å². The van der Waals surface area contributed by atoms with Crippen molar-refractivity contribution in [3.8, 4) is 22.9 Å². The first-order valence-electron chi connectivity index (χ1n) is 10.8. The van der Waals surface area contributed by atoms with Gasteiger partial charge in [0.15, 0.2) is 5.82 Å². The number of alkyl halides is 1. The number of carbonyl (C=O) groups is 1. The van der Waals surface area contributed by atoms with Gasteiger partial charge in [0.2, 0.25) is 11.8 Å². The number of nitrogens with two attached hydrogens (primary N) is 1. The van der Waals surface area contributed by atoms with Gasteiger partial charge in [0, 0.05) is 40.9 Å². The van der Waals surface area contributed by atoms with Gasteiger partial charge in [-0.2, -0.15) is 4.39 Å². The highest BCUT2D eigenvalue weighted by Crippen LogP contribution is 2.40. The number of benzene rings is 1. The summed E-state index contributed by atoms with van der Waals surface area (Å²) >= 11 is 0. The molecule has 4 heterocycles. The summed E-state index contributed by atoms with van der Waals surface area (Å²) in [6.07, 6.45) is 0.604. The van der Waals surface area contributed by atoms with Crippen molar-refractivity contribution >= 4 is 28.2 Å². The van der Waals surface area contributed by atoms with Gasteiger partial charge in [-0.05, 0) is 23.9 Å². The molecule has 2 aromatic heterocycles. The van der Waals surface area contributed by atoms with E-state index in [2.05, 4.69) is 20.6 Å². The summed E-state index contributed by atoms with van der Waals surface area (Å²) < 4.78 is 44.6. The van der Waals surface area contributed by atoms with Crippen LogP contribution >= 0.6 is 0 Å². The first-order chi connectivity index (χ1) is 16.3. The molecule has 0 saturated carbocycles. The number of nitrogen functional groups attached to an aromatic ring is 1. The zero-order chi connectivity index (χ0) is 24.0. The SMILES string of the molecule is Cc1c(-c2cc3cc(OC(=O)NC4COCC4C)ncc3c(N)c2F)cnc2c1NC[C@@H](F)O2. The highest BCUT2D eigenvalue weighted by Gasteiger charge is 2.27. The second-order valence-electron chi connectivity index (χ2n) is 8.44. The van der Waals surface area contributed by atoms with Crippen LogP contribution in [0.4, 0.5) is 25.0 Å². The lowest BCUT2D eigenvalue weighted by Gasteiger charge is -2.24. The number of pyridine rings is 2. The molecule has 178 valence electrons. The van der Waals surface area contributed by atoms with E-state index >= 15 is 4.39 Å². The number of anilines is 2. The van der Waals surface area contributed by atoms with Crippen LogP contribution in [-0.2, 0) is 4.74 Å². The summed E-state index contributed by atoms with van der Waals surface area (Å²) in [6.45, 7) is 4.67. The average Bonchev–Trinajstić information content (AvgIpc) is 3.20. The fourth-order valence-corrected chi connectivity index (χ4v) is 4.14. The molecule has 34 heavy (non-hydrogen) atoms. The third-order valence-electron chi connectivity index (χ3n) is 6.11. The molecule has 1 saturated heterocycles. The standard InChI is InChI=1S/C23H23F2N5O4/c1-10-8-32-9-16(10)30-23(31)34-18-4-12-3-13(19(25)20(26)15(12)6-27-18)14-5-29-22-21(11(14)2)28-7-17(24)33-22/h3-6,10,16-17,28H,7-9,26H2,1-2H3,(H,30,31)/t10?,16?,17-/m0/s1. The van der Waals surface area contributed by atoms with Gasteiger partial charge in [-0.25, -0.2) is 19.2 Å². The average molecular weight is 471 g/mol. The van der Waals surface area contributed by atoms with Crippen LogP contribution in [0.25, 0.3) is 21.9 Å². The molecular formula is C23H23F2N5O4. The monoisotopic (exact) mass is 471 g/mol. The first-order valence-corrected chi connectivity index (χ1v) is 10.8. The van der Waals surface area contributed by atoms with Crippen LogP contribution in [0.2, 0.25) is 0 Å². The number of hydrogen-bond acceptors (Lipinski definition) is 8. The van der Waals surface area contributed by atoms with Gasteiger partial charge in [-0.1, -0.05) is 6.92 Å². The Kier molecular flexibility index (Phi) is 5.56. The van der Waals surface area contributed by atoms with E-state index in [9.17, 15) is 9.18 Å². The van der Waals surface area contributed by atoms with Crippen LogP contribution in [0.5, 0.6) is 11.8 Å². The largest absolute Gasteiger partial charge is 0.440 e. The number of hydrogen-bond donors (Lipinski definition) is 3. The van der Waals surface area contributed by atoms with Gasteiger partial charge < -0.3 is 30.6 Å². The van der Waals surface area contributed by atoms with Crippen molar-refractivity contribution in [2.45, 2.75) is 26.2 Å². The minimum Gasteiger partial charge on any atom is -0.440 e. The predicted molar refractivity (Wildman–Crippen MR) is 121 cm³/mol. The Labute approximate surface area is 193 Å². The molecule has 1 fully saturated rings. The number of carbonyl (C=O) groups excluding carboxylic acids is 1. The number of ether oxygens (including phenoxy) is 3. The second kappa shape index (κ2) is 8.56. The number of nitrogens with one attached hydrogen (secondary N) is 2. The zero-order valence-electron chi connectivity index (χ0n) is 18.5. The van der Waals surface area contributed by atoms with Gasteiger partial charge in [-0.3, -0.25) is 0 Å². The highest BCUT2D eigenvalue weighted by molar-refractivity contribution is 5.98. The fraction of sp³-hybridized carbons (Fsp3) is 0.348. The van der Waals surface area contributed by atoms with Gasteiger partial charge in [0.1, 0.15) is 5.69 Å². The molecule has 0 bridgehead atoms. The lowest BCUT2D eigenvalue weighted by molar-refractivity contribution is 0.0688. The topological polar surface area (TPSA) is 121 Å². The van der Waals surface area contributed by atoms with Crippen LogP contribution in [-0.4, -0.2) is 48.2 Å². The summed E-state index contributed by atoms with van der Waals surface area (Å²) in [5.41, 5.74) is 7.76. The number of halogens is 2. The van der Waals surface area contributed by atoms with Crippen LogP contribution in [0, 0.1) is 18.7 Å². The van der Waals surface area contributed by atoms with Gasteiger partial charge in [0.25, 0.3) is 6.36 Å². The number of rotatable bonds is 3. The summed E-state index contributed by atoms with van der Waals surface area (Å²) in [5, 5.41) is 6.58. The smallest absolute Gasteiger partial charge is 0.414 e. The Morgan fingerprint density at radius 1 is 1.26 bits per heavy atom. The molecule has 0 radical (unpaired) electrons. The van der Waals surface area contributed by atoms with Crippen molar-refractivity contribution < 1.29 is 27.8 Å². The summed E-state index contributed by atoms with van der Waals surface area (Å²) in [7, 11) is 0. The highest BCUT2D eigenvalue weighted by atomic mass is 19.1. The molecule has 5 rings (SSSR count). The molecule has 11 heteroatoms. The summed E-state index contributed by atoms with van der Waals surface area (Å²) in [5.74, 6) is -0.313. The zero-order valence-corrected chi connectivity index (χ0v) is 18.5. The summed E-state index contributed by atoms with van der Waals surface area (Å²) in [6, 6.07) is 2.95. The third kappa shape index (κ3) is 3.92. The molecule has 2 aliphatic heterocycles. The maximum atomic E-state index is 15.3. The van der Waals surface area contributed by atoms with E-state index in [1.54, 1.807) is 13.0 Å². The van der Waals surface area contributed by atoms with Crippen molar-refractivity contribution in [3.05, 3.63) is 35.9 Å². The fourth-order valence-electron chi connectivity index (χ4n) is 4.14. The van der Waals surface area contributed by atoms with Crippen molar-refractivity contribution in [1.82, 2.24) is 15.3 Å². The number of amides is 1. The Hall–Kier alpha value is -3.73. The number of nitrogens with zero attached hydrogens (tertiary/aromatic N) is 2. The molecule has 2 unspecified atom stereocenters. The van der Waals surface area contributed by atoms with E-state index in [0.717, 1.165) is 0 Å². The van der Waals surface area contributed by atoms with Crippen LogP contribution in [0.15, 0.2) is 24.5 Å². The molecule has 1 amide bonds. The minimum absolute atomic E-state index is 0.0397. The number of fused-ring (bicyclic) bond motifs is 2. The van der Waals surface area contributed by atoms with Gasteiger partial charge in [-0.15, -0.1) is 0 Å². The van der Waals surface area contributed by atoms with E-state index in [0.29, 0.717) is 40.8 Å². The Morgan fingerprint density at radius 2 is 2.09 bits per heavy atom. The molecule has 2 aliphatic rings. The van der Waals surface area contributed by atoms with Crippen molar-refractivity contribution in [2.24, 2.45) is 5.92 Å². The van der Waals surface area contributed by atoms with E-state index < -0.39 is 18.3 Å². The normalized spacial score (nSPS) is 21.5. The van der Waals surface area contributed by atoms with Crippen LogP contribution in [0.3, 0.4) is 0 Å². The van der Waals surface area contributed by atoms with Crippen LogP contribution < -0.4 is 25.8 Å². The van der Waals surface area contributed by atoms with Crippen molar-refractivity contribution in [2.75, 3.05) is 30.8 Å². The van der Waals surface area contributed by atoms with Crippen LogP contribution in [0.1, 0.15) is 12.5 Å². The molecule has 4 N–H and O–H groups in total. The maximum absolute atomic E-state index is 15.3. The Bertz CT molecular complexity index is 1290. The summed E-state index contributed by atoms with van der Waals surface area (Å²) in [4.78, 5) is 20.5. The Balaban J connectivity index is 1.48. The lowest BCUT2D eigenvalue weighted by atomic mass is 9.97. The Morgan fingerprint density at radius 3 is 2.85 bits per heavy atom. The molecule has 1 aromatic carbocycles. The van der Waals surface area contributed by atoms with E-state index in [-0.39, 0.29) is 41.5 Å². The molecule has 3 aromatic rings. The second-order valence-corrected chi connectivity index (χ2v) is 8.44. The van der Waals surface area contributed by atoms with Crippen molar-refractivity contribution in [1.29, 1.82) is 0 Å². The van der Waals surface area contributed by atoms with Gasteiger partial charge >= 0.3 is 6.09 Å². The van der Waals surface area contributed by atoms with Gasteiger partial charge in [0.05, 0.1) is 31.5 Å². The lowest BCUT2D eigenvalue weighted by Crippen LogP contribution is -2.40. The van der Waals surface area contributed by atoms with E-state index in [4.69, 9.17) is 19.9 Å². The molecule has 0 spiro atoms. The predicted octanol–water partition coefficient (Wildman–Crippen LogP) is 3.55. The molecular weight excluding hydrogens is 448 g/mol. The first kappa shape index (κ1) is 22.1. The number of aromatic nitrogens is 2. The molecule has 3 atom stereocenters. The quantitative estimate of drug-likeness (QED) is 0.496. The maximum Gasteiger partial charge on any atom is 0.414 e. The van der Waals surface area contributed by atoms with Crippen molar-refractivity contribution in [3.63, 3.8) is 0 Å². The molecule has 0 aliphatic carbocycles. The third-order valence-corrected chi connectivity index (χ3v) is 6.11. The minimum atomic E-state index is -1.51.